The van der Waals surface area contributed by atoms with Crippen molar-refractivity contribution in [1.82, 2.24) is 0 Å². The molecule has 0 amide bonds. The summed E-state index contributed by atoms with van der Waals surface area (Å²) in [7, 11) is 15.2. The highest BCUT2D eigenvalue weighted by Gasteiger charge is 2.14. The first kappa shape index (κ1) is 121. The number of ether oxygens (including phenoxy) is 9. The van der Waals surface area contributed by atoms with E-state index in [4.69, 9.17) is 42.6 Å². The summed E-state index contributed by atoms with van der Waals surface area (Å²) in [6.07, 6.45) is 0. The van der Waals surface area contributed by atoms with Crippen LogP contribution in [0.2, 0.25) is 0 Å². The lowest BCUT2D eigenvalue weighted by Crippen LogP contribution is -2.10. The first-order valence-corrected chi connectivity index (χ1v) is 42.5. The number of benzene rings is 12. The Kier molecular flexibility index (Phi) is 84.8. The van der Waals surface area contributed by atoms with Crippen LogP contribution in [0.3, 0.4) is 0 Å². The fourth-order valence-corrected chi connectivity index (χ4v) is 9.82. The van der Waals surface area contributed by atoms with Crippen molar-refractivity contribution in [3.8, 4) is 51.7 Å². The summed E-state index contributed by atoms with van der Waals surface area (Å²) in [5, 5.41) is 11.9. The molecule has 115 heavy (non-hydrogen) atoms. The molecular weight excluding hydrogens is 1420 g/mol. The number of hydrogen-bond acceptors (Lipinski definition) is 9. The van der Waals surface area contributed by atoms with Gasteiger partial charge in [-0.3, -0.25) is 0 Å². The van der Waals surface area contributed by atoms with Gasteiger partial charge in [-0.2, -0.15) is 0 Å². The van der Waals surface area contributed by atoms with Gasteiger partial charge in [0.1, 0.15) is 51.7 Å². The van der Waals surface area contributed by atoms with Gasteiger partial charge in [-0.25, -0.2) is 0 Å². The first-order valence-electron chi connectivity index (χ1n) is 42.5. The van der Waals surface area contributed by atoms with Crippen molar-refractivity contribution in [3.63, 3.8) is 0 Å². The molecule has 12 aromatic carbocycles. The lowest BCUT2D eigenvalue weighted by Gasteiger charge is -2.18. The van der Waals surface area contributed by atoms with Crippen LogP contribution in [-0.4, -0.2) is 64.0 Å². The highest BCUT2D eigenvalue weighted by molar-refractivity contribution is 5.90. The third kappa shape index (κ3) is 45.7. The Morgan fingerprint density at radius 2 is 0.417 bits per heavy atom. The van der Waals surface area contributed by atoms with E-state index in [0.29, 0.717) is 0 Å². The van der Waals surface area contributed by atoms with Crippen LogP contribution in [0, 0.1) is 34.6 Å². The minimum absolute atomic E-state index is 0.228. The van der Waals surface area contributed by atoms with E-state index in [9.17, 15) is 0 Å². The molecule has 0 fully saturated rings. The molecule has 0 atom stereocenters. The Morgan fingerprint density at radius 1 is 0.183 bits per heavy atom. The van der Waals surface area contributed by atoms with Gasteiger partial charge >= 0.3 is 0 Å². The van der Waals surface area contributed by atoms with Crippen LogP contribution in [0.15, 0.2) is 224 Å². The quantitative estimate of drug-likeness (QED) is 0.140. The normalized spacial score (nSPS) is 8.65. The molecule has 644 valence electrons. The van der Waals surface area contributed by atoms with Crippen LogP contribution in [0.5, 0.6) is 51.7 Å². The summed E-state index contributed by atoms with van der Waals surface area (Å²) in [4.78, 5) is 0. The Labute approximate surface area is 706 Å². The molecule has 0 bridgehead atoms. The van der Waals surface area contributed by atoms with Gasteiger partial charge in [0, 0.05) is 10.8 Å². The summed E-state index contributed by atoms with van der Waals surface area (Å²) in [5.74, 6) is 8.21. The molecule has 0 heterocycles. The van der Waals surface area contributed by atoms with Crippen molar-refractivity contribution < 1.29 is 42.6 Å². The summed E-state index contributed by atoms with van der Waals surface area (Å²) in [6.45, 7) is 69.3. The minimum atomic E-state index is 0.228. The minimum Gasteiger partial charge on any atom is -0.497 e. The number of methoxy groups -OCH3 is 9. The molecule has 0 N–H and O–H groups in total. The monoisotopic (exact) mass is 1580 g/mol. The van der Waals surface area contributed by atoms with E-state index < -0.39 is 0 Å². The summed E-state index contributed by atoms with van der Waals surface area (Å²) < 4.78 is 46.7. The summed E-state index contributed by atoms with van der Waals surface area (Å²) >= 11 is 0. The second kappa shape index (κ2) is 80.7. The first-order chi connectivity index (χ1) is 55.9. The SMILES string of the molecule is CC.CC.CC.CC.CC.CC.CC.CC.CC.CC.CC.CC.CC.COc1c(C)c(C)c(C)c(C)c1C.COc1ccc(C(C)(C)C)cc1.COc1ccc2c(OC)cccc2c1.COc1ccc2ccc(OC)cc2c1.COc1ccc2ccccc2c1.COc1ccc2ccccc2c1.COc1cccc2ccccc12. The molecule has 0 saturated carbocycles. The van der Waals surface area contributed by atoms with Gasteiger partial charge in [0.25, 0.3) is 0 Å². The van der Waals surface area contributed by atoms with E-state index in [1.807, 2.05) is 338 Å². The number of rotatable bonds is 9. The molecule has 12 aromatic rings. The summed E-state index contributed by atoms with van der Waals surface area (Å²) in [6, 6.07) is 75.0. The zero-order chi connectivity index (χ0) is 90.5. The molecule has 9 heteroatoms. The van der Waals surface area contributed by atoms with Gasteiger partial charge in [-0.1, -0.05) is 334 Å². The molecule has 12 rings (SSSR count). The fourth-order valence-electron chi connectivity index (χ4n) is 9.82. The van der Waals surface area contributed by atoms with Crippen molar-refractivity contribution in [2.75, 3.05) is 64.0 Å². The number of hydrogen-bond donors (Lipinski definition) is 0. The zero-order valence-electron chi connectivity index (χ0n) is 81.0. The predicted octanol–water partition coefficient (Wildman–Crippen LogP) is 33.8. The average molecular weight is 1580 g/mol. The highest BCUT2D eigenvalue weighted by atomic mass is 16.5. The Morgan fingerprint density at radius 3 is 0.722 bits per heavy atom. The molecule has 0 unspecified atom stereocenters. The van der Waals surface area contributed by atoms with E-state index in [1.54, 1.807) is 64.0 Å². The van der Waals surface area contributed by atoms with Crippen molar-refractivity contribution in [2.45, 2.75) is 241 Å². The lowest BCUT2D eigenvalue weighted by molar-refractivity contribution is 0.407. The molecule has 0 spiro atoms. The van der Waals surface area contributed by atoms with Gasteiger partial charge < -0.3 is 42.6 Å². The van der Waals surface area contributed by atoms with E-state index in [2.05, 4.69) is 122 Å². The second-order valence-electron chi connectivity index (χ2n) is 21.9. The Balaban J connectivity index is -0.000000185. The predicted molar refractivity (Wildman–Crippen MR) is 522 cm³/mol. The Hall–Kier alpha value is -9.86. The molecule has 0 saturated heterocycles. The third-order valence-corrected chi connectivity index (χ3v) is 15.5. The number of fused-ring (bicyclic) bond motifs is 5. The van der Waals surface area contributed by atoms with Crippen molar-refractivity contribution >= 4 is 53.9 Å². The van der Waals surface area contributed by atoms with Crippen LogP contribution >= 0.6 is 0 Å². The molecule has 9 nitrogen and oxygen atoms in total. The largest absolute Gasteiger partial charge is 0.497 e. The van der Waals surface area contributed by atoms with Crippen LogP contribution < -0.4 is 42.6 Å². The highest BCUT2D eigenvalue weighted by Crippen LogP contribution is 2.33. The van der Waals surface area contributed by atoms with Crippen LogP contribution in [0.4, 0.5) is 0 Å². The van der Waals surface area contributed by atoms with E-state index in [-0.39, 0.29) is 5.41 Å². The van der Waals surface area contributed by atoms with E-state index in [0.717, 1.165) is 67.9 Å². The van der Waals surface area contributed by atoms with Gasteiger partial charge in [0.2, 0.25) is 0 Å². The average Bonchev–Trinajstić information content (AvgIpc) is 0.813. The van der Waals surface area contributed by atoms with Crippen molar-refractivity contribution in [1.29, 1.82) is 0 Å². The lowest BCUT2D eigenvalue weighted by atomic mass is 9.87. The summed E-state index contributed by atoms with van der Waals surface area (Å²) in [5.41, 5.74) is 8.18. The maximum absolute atomic E-state index is 5.39. The molecule has 0 aliphatic heterocycles. The molecule has 0 aliphatic carbocycles. The van der Waals surface area contributed by atoms with Gasteiger partial charge in [0.05, 0.1) is 64.0 Å². The fraction of sp³-hybridized carbons (Fsp3) is 0.415. The standard InChI is InChI=1S/2C12H12O2.C12H18O.3C11H10O.C11H16O.13C2H6/c1-13-11-5-3-9-4-6-12(14-2)8-10(9)7-11;1-13-10-6-7-11-9(8-10)4-3-5-12(11)14-2;1-7-8(2)10(4)12(13-6)11(5)9(7)3;1-12-11-8-4-6-9-5-2-3-7-10(9)11;2*1-12-11-7-6-9-4-2-3-5-10(9)8-11;1-11(2,3)9-5-7-10(12-4)8-6-9;13*1-2/h2*3-8H,1-2H3;1-6H3;3*2-8H,1H3;5-8H,1-4H3;13*1-2H3. The van der Waals surface area contributed by atoms with E-state index >= 15 is 0 Å². The van der Waals surface area contributed by atoms with Crippen LogP contribution in [0.1, 0.15) is 234 Å². The molecule has 0 radical (unpaired) electrons. The van der Waals surface area contributed by atoms with Crippen molar-refractivity contribution in [2.24, 2.45) is 0 Å². The maximum Gasteiger partial charge on any atom is 0.126 e. The second-order valence-corrected chi connectivity index (χ2v) is 21.9. The van der Waals surface area contributed by atoms with E-state index in [1.165, 1.54) is 71.1 Å². The molecule has 0 aromatic heterocycles. The van der Waals surface area contributed by atoms with Gasteiger partial charge in [-0.15, -0.1) is 0 Å². The zero-order valence-corrected chi connectivity index (χ0v) is 81.0. The Bertz CT molecular complexity index is 3990. The topological polar surface area (TPSA) is 83.1 Å². The van der Waals surface area contributed by atoms with Crippen molar-refractivity contribution in [3.05, 3.63) is 258 Å². The third-order valence-electron chi connectivity index (χ3n) is 15.5. The van der Waals surface area contributed by atoms with Gasteiger partial charge in [-0.05, 0) is 207 Å². The van der Waals surface area contributed by atoms with Crippen LogP contribution in [0.25, 0.3) is 53.9 Å². The van der Waals surface area contributed by atoms with Gasteiger partial charge in [0.15, 0.2) is 0 Å². The molecule has 0 aliphatic rings. The smallest absolute Gasteiger partial charge is 0.126 e. The van der Waals surface area contributed by atoms with Crippen LogP contribution in [-0.2, 0) is 5.41 Å². The maximum atomic E-state index is 5.39. The molecular formula is C106H166O9.